The van der Waals surface area contributed by atoms with Crippen LogP contribution in [0.15, 0.2) is 121 Å². The van der Waals surface area contributed by atoms with Gasteiger partial charge in [-0.25, -0.2) is 4.98 Å². The van der Waals surface area contributed by atoms with Gasteiger partial charge in [0.05, 0.1) is 16.7 Å². The van der Waals surface area contributed by atoms with E-state index in [9.17, 15) is 0 Å². The smallest absolute Gasteiger partial charge is 0.0972 e. The molecule has 2 heterocycles. The Bertz CT molecular complexity index is 2400. The molecule has 192 valence electrons. The fraction of sp³-hybridized carbons (Fsp3) is 0.0769. The van der Waals surface area contributed by atoms with Gasteiger partial charge in [-0.1, -0.05) is 111 Å². The maximum atomic E-state index is 5.29. The van der Waals surface area contributed by atoms with E-state index in [0.717, 1.165) is 33.1 Å². The summed E-state index contributed by atoms with van der Waals surface area (Å²) in [6, 6.07) is 41.8. The van der Waals surface area contributed by atoms with Crippen LogP contribution in [0.2, 0.25) is 0 Å². The summed E-state index contributed by atoms with van der Waals surface area (Å²) in [7, 11) is 0. The highest BCUT2D eigenvalue weighted by Crippen LogP contribution is 2.57. The minimum absolute atomic E-state index is 0.163. The minimum Gasteiger partial charge on any atom is -0.254 e. The van der Waals surface area contributed by atoms with Crippen LogP contribution in [0.4, 0.5) is 0 Å². The molecule has 0 unspecified atom stereocenters. The largest absolute Gasteiger partial charge is 0.254 e. The van der Waals surface area contributed by atoms with E-state index in [1.54, 1.807) is 0 Å². The van der Waals surface area contributed by atoms with Crippen LogP contribution in [0, 0.1) is 0 Å². The number of aromatic nitrogens is 2. The first-order valence-corrected chi connectivity index (χ1v) is 14.3. The number of fused-ring (bicyclic) bond motifs is 13. The zero-order valence-corrected chi connectivity index (χ0v) is 22.9. The molecule has 0 saturated heterocycles. The molecule has 0 spiro atoms. The Balaban J connectivity index is 1.44. The second-order valence-corrected chi connectivity index (χ2v) is 11.8. The maximum Gasteiger partial charge on any atom is 0.0972 e. The van der Waals surface area contributed by atoms with Crippen LogP contribution >= 0.6 is 0 Å². The van der Waals surface area contributed by atoms with Crippen molar-refractivity contribution < 1.29 is 0 Å². The molecular weight excluding hydrogens is 496 g/mol. The van der Waals surface area contributed by atoms with Gasteiger partial charge < -0.3 is 0 Å². The summed E-state index contributed by atoms with van der Waals surface area (Å²) in [5, 5.41) is 10.0. The van der Waals surface area contributed by atoms with Gasteiger partial charge in [-0.05, 0) is 72.8 Å². The van der Waals surface area contributed by atoms with Crippen molar-refractivity contribution in [3.8, 4) is 22.4 Å². The third-order valence-electron chi connectivity index (χ3n) is 9.20. The van der Waals surface area contributed by atoms with E-state index in [0.29, 0.717) is 0 Å². The van der Waals surface area contributed by atoms with Gasteiger partial charge in [0.2, 0.25) is 0 Å². The molecule has 8 aromatic rings. The van der Waals surface area contributed by atoms with Crippen LogP contribution in [-0.4, -0.2) is 9.97 Å². The lowest BCUT2D eigenvalue weighted by Crippen LogP contribution is -2.16. The fourth-order valence-corrected chi connectivity index (χ4v) is 7.53. The highest BCUT2D eigenvalue weighted by molar-refractivity contribution is 6.20. The molecule has 2 aromatic heterocycles. The number of rotatable bonds is 1. The van der Waals surface area contributed by atoms with Crippen LogP contribution < -0.4 is 0 Å². The molecule has 9 rings (SSSR count). The van der Waals surface area contributed by atoms with Crippen molar-refractivity contribution in [2.75, 3.05) is 0 Å². The summed E-state index contributed by atoms with van der Waals surface area (Å²) in [6.07, 6.45) is 1.86. The molecule has 0 aliphatic heterocycles. The topological polar surface area (TPSA) is 25.8 Å². The lowest BCUT2D eigenvalue weighted by atomic mass is 9.77. The second kappa shape index (κ2) is 7.99. The van der Waals surface area contributed by atoms with Gasteiger partial charge in [0.25, 0.3) is 0 Å². The first-order chi connectivity index (χ1) is 20.1. The SMILES string of the molecule is CC1(C)c2c(cc(-c3ccc4ccc5cccnc5c4n3)c3ccccc23)-c2c1c1ccccc1c1ccccc21. The molecule has 2 nitrogen and oxygen atoms in total. The Morgan fingerprint density at radius 3 is 1.83 bits per heavy atom. The first kappa shape index (κ1) is 22.7. The van der Waals surface area contributed by atoms with Crippen molar-refractivity contribution in [1.29, 1.82) is 0 Å². The molecule has 0 radical (unpaired) electrons. The van der Waals surface area contributed by atoms with Crippen LogP contribution in [0.5, 0.6) is 0 Å². The van der Waals surface area contributed by atoms with Gasteiger partial charge in [0.1, 0.15) is 0 Å². The van der Waals surface area contributed by atoms with Crippen LogP contribution in [0.25, 0.3) is 76.5 Å². The monoisotopic (exact) mass is 522 g/mol. The van der Waals surface area contributed by atoms with Crippen molar-refractivity contribution in [3.63, 3.8) is 0 Å². The Hall–Kier alpha value is -5.08. The zero-order valence-electron chi connectivity index (χ0n) is 22.9. The van der Waals surface area contributed by atoms with Crippen molar-refractivity contribution >= 4 is 54.1 Å². The van der Waals surface area contributed by atoms with Gasteiger partial charge in [0, 0.05) is 27.9 Å². The number of nitrogens with zero attached hydrogens (tertiary/aromatic N) is 2. The van der Waals surface area contributed by atoms with E-state index >= 15 is 0 Å². The van der Waals surface area contributed by atoms with E-state index < -0.39 is 0 Å². The van der Waals surface area contributed by atoms with Gasteiger partial charge in [0.15, 0.2) is 0 Å². The molecule has 1 aliphatic rings. The molecular formula is C39H26N2. The summed E-state index contributed by atoms with van der Waals surface area (Å²) in [6.45, 7) is 4.80. The van der Waals surface area contributed by atoms with Crippen molar-refractivity contribution in [2.24, 2.45) is 0 Å². The fourth-order valence-electron chi connectivity index (χ4n) is 7.53. The van der Waals surface area contributed by atoms with Crippen LogP contribution in [0.1, 0.15) is 25.0 Å². The molecule has 0 fully saturated rings. The second-order valence-electron chi connectivity index (χ2n) is 11.8. The Morgan fingerprint density at radius 2 is 1.07 bits per heavy atom. The van der Waals surface area contributed by atoms with Crippen molar-refractivity contribution in [3.05, 3.63) is 133 Å². The summed E-state index contributed by atoms with van der Waals surface area (Å²) < 4.78 is 0. The molecule has 2 heteroatoms. The molecule has 0 atom stereocenters. The highest BCUT2D eigenvalue weighted by atomic mass is 14.8. The molecule has 0 N–H and O–H groups in total. The van der Waals surface area contributed by atoms with E-state index in [1.165, 1.54) is 54.6 Å². The van der Waals surface area contributed by atoms with Gasteiger partial charge in [-0.15, -0.1) is 0 Å². The number of hydrogen-bond acceptors (Lipinski definition) is 2. The van der Waals surface area contributed by atoms with Gasteiger partial charge >= 0.3 is 0 Å². The average molecular weight is 523 g/mol. The van der Waals surface area contributed by atoms with E-state index in [2.05, 4.69) is 123 Å². The lowest BCUT2D eigenvalue weighted by Gasteiger charge is -2.25. The quantitative estimate of drug-likeness (QED) is 0.200. The first-order valence-electron chi connectivity index (χ1n) is 14.3. The standard InChI is InChI=1S/C39H26N2/c1-39(2)35-29-15-7-5-13-27(29)31(33-20-19-24-18-17-23-10-9-21-40-37(23)38(24)41-33)22-32(35)34-28-14-6-3-11-25(28)26-12-4-8-16-30(26)36(34)39/h3-22H,1-2H3. The number of hydrogen-bond donors (Lipinski definition) is 0. The maximum absolute atomic E-state index is 5.29. The lowest BCUT2D eigenvalue weighted by molar-refractivity contribution is 0.672. The Morgan fingerprint density at radius 1 is 0.488 bits per heavy atom. The predicted molar refractivity (Wildman–Crippen MR) is 173 cm³/mol. The third kappa shape index (κ3) is 2.97. The summed E-state index contributed by atoms with van der Waals surface area (Å²) in [5.74, 6) is 0. The molecule has 0 bridgehead atoms. The number of benzene rings is 6. The Kier molecular flexibility index (Phi) is 4.42. The van der Waals surface area contributed by atoms with E-state index in [4.69, 9.17) is 9.97 Å². The van der Waals surface area contributed by atoms with Crippen LogP contribution in [-0.2, 0) is 5.41 Å². The van der Waals surface area contributed by atoms with Gasteiger partial charge in [-0.3, -0.25) is 4.98 Å². The zero-order chi connectivity index (χ0) is 27.3. The van der Waals surface area contributed by atoms with Crippen molar-refractivity contribution in [1.82, 2.24) is 9.97 Å². The summed E-state index contributed by atoms with van der Waals surface area (Å²) in [4.78, 5) is 10.0. The predicted octanol–water partition coefficient (Wildman–Crippen LogP) is 10.2. The third-order valence-corrected chi connectivity index (χ3v) is 9.20. The van der Waals surface area contributed by atoms with Gasteiger partial charge in [-0.2, -0.15) is 0 Å². The average Bonchev–Trinajstić information content (AvgIpc) is 3.27. The molecule has 0 saturated carbocycles. The molecule has 1 aliphatic carbocycles. The van der Waals surface area contributed by atoms with E-state index in [-0.39, 0.29) is 5.41 Å². The summed E-state index contributed by atoms with van der Waals surface area (Å²) >= 11 is 0. The molecule has 6 aromatic carbocycles. The number of pyridine rings is 2. The Labute approximate surface area is 237 Å². The normalized spacial score (nSPS) is 13.8. The summed E-state index contributed by atoms with van der Waals surface area (Å²) in [5.41, 5.74) is 9.37. The van der Waals surface area contributed by atoms with E-state index in [1.807, 2.05) is 12.3 Å². The molecule has 41 heavy (non-hydrogen) atoms. The minimum atomic E-state index is -0.163. The van der Waals surface area contributed by atoms with Crippen molar-refractivity contribution in [2.45, 2.75) is 19.3 Å². The van der Waals surface area contributed by atoms with Crippen LogP contribution in [0.3, 0.4) is 0 Å². The molecule has 0 amide bonds. The highest BCUT2D eigenvalue weighted by Gasteiger charge is 2.40.